The molecule has 0 bridgehead atoms. The number of carbonyl (C=O) groups excluding carboxylic acids is 5. The average molecular weight is 1410 g/mol. The number of carbonyl (C=O) groups is 5. The molecule has 36 heteroatoms. The van der Waals surface area contributed by atoms with Crippen LogP contribution in [-0.4, -0.2) is 325 Å². The van der Waals surface area contributed by atoms with Crippen molar-refractivity contribution in [3.8, 4) is 5.75 Å². The Kier molecular flexibility index (Phi) is 31.3. The zero-order chi connectivity index (χ0) is 71.8. The highest BCUT2D eigenvalue weighted by Crippen LogP contribution is 2.37. The molecule has 0 spiro atoms. The fourth-order valence-electron chi connectivity index (χ4n) is 12.7. The first-order chi connectivity index (χ1) is 46.7. The second kappa shape index (κ2) is 38.0. The van der Waals surface area contributed by atoms with Gasteiger partial charge in [0.15, 0.2) is 37.7 Å². The van der Waals surface area contributed by atoms with E-state index in [2.05, 4.69) is 33.5 Å². The number of ether oxygens (including phenoxy) is 12. The summed E-state index contributed by atoms with van der Waals surface area (Å²) in [4.78, 5) is 65.0. The molecule has 5 amide bonds. The summed E-state index contributed by atoms with van der Waals surface area (Å²) in [6.07, 6.45) is -34.9. The minimum absolute atomic E-state index is 0.0594. The topological polar surface area (TPSA) is 539 Å². The zero-order valence-electron chi connectivity index (χ0n) is 55.4. The lowest BCUT2D eigenvalue weighted by Crippen LogP contribution is -2.72. The minimum Gasteiger partial charge on any atom is -0.494 e. The molecule has 98 heavy (non-hydrogen) atoms. The van der Waals surface area contributed by atoms with E-state index in [1.54, 1.807) is 12.1 Å². The van der Waals surface area contributed by atoms with E-state index in [0.29, 0.717) is 12.4 Å². The molecule has 0 aromatic heterocycles. The van der Waals surface area contributed by atoms with Gasteiger partial charge in [0, 0.05) is 33.3 Å². The molecule has 19 N–H and O–H groups in total. The average Bonchev–Trinajstić information content (AvgIpc) is 0.772. The van der Waals surface area contributed by atoms with Gasteiger partial charge in [0.25, 0.3) is 5.91 Å². The summed E-state index contributed by atoms with van der Waals surface area (Å²) in [5, 5.41) is 168. The molecule has 36 nitrogen and oxygen atoms in total. The van der Waals surface area contributed by atoms with E-state index in [0.717, 1.165) is 53.4 Å². The molecule has 6 aliphatic heterocycles. The van der Waals surface area contributed by atoms with Crippen molar-refractivity contribution in [1.29, 1.82) is 0 Å². The molecule has 6 fully saturated rings. The summed E-state index contributed by atoms with van der Waals surface area (Å²) in [6, 6.07) is -2.45. The fourth-order valence-corrected chi connectivity index (χ4v) is 12.7. The molecule has 30 atom stereocenters. The number of aliphatic hydroxyl groups is 14. The first-order valence-corrected chi connectivity index (χ1v) is 33.2. The van der Waals surface area contributed by atoms with E-state index in [-0.39, 0.29) is 5.56 Å². The molecule has 0 aliphatic carbocycles. The maximum Gasteiger partial charge on any atom is 0.251 e. The third-order valence-corrected chi connectivity index (χ3v) is 17.9. The van der Waals surface area contributed by atoms with Crippen LogP contribution in [0.25, 0.3) is 0 Å². The third kappa shape index (κ3) is 20.6. The highest BCUT2D eigenvalue weighted by atomic mass is 16.8. The first-order valence-electron chi connectivity index (χ1n) is 33.2. The van der Waals surface area contributed by atoms with Crippen LogP contribution in [0.3, 0.4) is 0 Å². The van der Waals surface area contributed by atoms with Crippen molar-refractivity contribution in [2.75, 3.05) is 39.6 Å². The molecular formula is C62H101N5O31. The van der Waals surface area contributed by atoms with Gasteiger partial charge in [-0.3, -0.25) is 24.0 Å². The number of hydrogen-bond acceptors (Lipinski definition) is 31. The molecule has 6 aliphatic rings. The lowest BCUT2D eigenvalue weighted by molar-refractivity contribution is -0.368. The van der Waals surface area contributed by atoms with Crippen molar-refractivity contribution in [2.24, 2.45) is 0 Å². The quantitative estimate of drug-likeness (QED) is 0.0298. The molecule has 6 heterocycles. The normalized spacial score (nSPS) is 39.8. The van der Waals surface area contributed by atoms with Crippen LogP contribution in [0, 0.1) is 0 Å². The van der Waals surface area contributed by atoms with Gasteiger partial charge in [0.2, 0.25) is 23.6 Å². The smallest absolute Gasteiger partial charge is 0.251 e. The second-order valence-electron chi connectivity index (χ2n) is 25.4. The van der Waals surface area contributed by atoms with Crippen molar-refractivity contribution in [3.63, 3.8) is 0 Å². The Morgan fingerprint density at radius 1 is 0.418 bits per heavy atom. The van der Waals surface area contributed by atoms with Crippen LogP contribution in [-0.2, 0) is 71.3 Å². The largest absolute Gasteiger partial charge is 0.494 e. The summed E-state index contributed by atoms with van der Waals surface area (Å²) in [5.41, 5.74) is 0.0594. The SMILES string of the molecule is CCCCCCCCCCCOc1cccc(C(=O)N[C@H]2C(O[C@H]3C(O)C(NC(C)=O)C(OC4C(CO)O[C@@H](O[C@H]5C(O)C(NC(C)=O)C(OC6C(CO[C@H]7OC(C)C(O)[C@@H](O)[C@@H]7O)OC(O)[C@H](NC(C)=O)[C@H]6O)O[C@@H]5CO)[C@H](NC(C)=O)[C@H]4O)O[C@@H]3CO)OC(CO)[C@H](O)[C@@H]2O)c1. The summed E-state index contributed by atoms with van der Waals surface area (Å²) < 4.78 is 72.0. The Hall–Kier alpha value is -4.63. The molecule has 1 aromatic rings. The van der Waals surface area contributed by atoms with Gasteiger partial charge < -0.3 is 155 Å². The molecule has 0 radical (unpaired) electrons. The van der Waals surface area contributed by atoms with Gasteiger partial charge in [-0.25, -0.2) is 0 Å². The number of benzene rings is 1. The van der Waals surface area contributed by atoms with E-state index in [1.165, 1.54) is 51.2 Å². The van der Waals surface area contributed by atoms with Crippen LogP contribution in [0.15, 0.2) is 24.3 Å². The summed E-state index contributed by atoms with van der Waals surface area (Å²) in [5.74, 6) is -3.68. The standard InChI is InChI=1S/C62H101N5O31/c1-7-8-9-10-11-12-13-14-15-19-87-32-18-16-17-31(20-32)56(85)67-39-45(78)44(77)33(21-68)91-58(39)95-52-34(22-69)92-59(40(47(52)80)64-28(4)73)96-53-35(23-70)93-60(41(48(53)81)65-29(5)74)97-54-36(24-71)94-61(42(49(54)82)66-30(6)75)98-55-37(90-57(86)38(46(55)79)63-27(3)72)25-88-62-51(84)50(83)43(76)26(2)89-62/h16-18,20,26,33-55,57-62,68-71,76-84,86H,7-15,19,21-25H2,1-6H3,(H,63,72)(H,64,73)(H,65,74)(H,66,75)(H,67,85)/t26?,33?,34-,35?,36-,37?,38-,39-,40?,41-,42?,43?,44+,45-,46-,47?,48-,49?,50-,51+,52-,53?,54-,55?,57?,58?,59?,60+,61?,62+/m1/s1. The summed E-state index contributed by atoms with van der Waals surface area (Å²) in [7, 11) is 0. The monoisotopic (exact) mass is 1410 g/mol. The molecule has 0 saturated carbocycles. The Morgan fingerprint density at radius 2 is 0.816 bits per heavy atom. The van der Waals surface area contributed by atoms with Gasteiger partial charge in [0.1, 0.15) is 146 Å². The lowest BCUT2D eigenvalue weighted by atomic mass is 9.93. The van der Waals surface area contributed by atoms with Crippen LogP contribution in [0.1, 0.15) is 110 Å². The van der Waals surface area contributed by atoms with Crippen molar-refractivity contribution in [3.05, 3.63) is 29.8 Å². The maximum absolute atomic E-state index is 14.0. The van der Waals surface area contributed by atoms with E-state index in [1.807, 2.05) is 0 Å². The molecule has 6 saturated heterocycles. The third-order valence-electron chi connectivity index (χ3n) is 17.9. The van der Waals surface area contributed by atoms with E-state index in [4.69, 9.17) is 56.8 Å². The van der Waals surface area contributed by atoms with Crippen LogP contribution < -0.4 is 31.3 Å². The summed E-state index contributed by atoms with van der Waals surface area (Å²) in [6.45, 7) is 3.38. The highest BCUT2D eigenvalue weighted by molar-refractivity contribution is 5.94. The molecule has 1 aromatic carbocycles. The first kappa shape index (κ1) is 80.7. The van der Waals surface area contributed by atoms with Gasteiger partial charge in [-0.2, -0.15) is 0 Å². The van der Waals surface area contributed by atoms with E-state index >= 15 is 0 Å². The van der Waals surface area contributed by atoms with Gasteiger partial charge in [-0.15, -0.1) is 0 Å². The summed E-state index contributed by atoms with van der Waals surface area (Å²) >= 11 is 0. The number of nitrogens with one attached hydrogen (secondary N) is 5. The van der Waals surface area contributed by atoms with Crippen molar-refractivity contribution >= 4 is 29.5 Å². The highest BCUT2D eigenvalue weighted by Gasteiger charge is 2.58. The van der Waals surface area contributed by atoms with Gasteiger partial charge in [0.05, 0.1) is 45.7 Å². The Morgan fingerprint density at radius 3 is 1.26 bits per heavy atom. The molecular weight excluding hydrogens is 1310 g/mol. The van der Waals surface area contributed by atoms with E-state index in [9.17, 15) is 95.5 Å². The number of unbranched alkanes of at least 4 members (excludes halogenated alkanes) is 8. The van der Waals surface area contributed by atoms with Crippen molar-refractivity contribution in [2.45, 2.75) is 283 Å². The minimum atomic E-state index is -2.07. The zero-order valence-corrected chi connectivity index (χ0v) is 55.4. The van der Waals surface area contributed by atoms with Crippen LogP contribution in [0.2, 0.25) is 0 Å². The number of hydrogen-bond donors (Lipinski definition) is 19. The fraction of sp³-hybridized carbons (Fsp3) is 0.823. The van der Waals surface area contributed by atoms with Crippen LogP contribution in [0.5, 0.6) is 5.75 Å². The predicted molar refractivity (Wildman–Crippen MR) is 329 cm³/mol. The predicted octanol–water partition coefficient (Wildman–Crippen LogP) is -7.15. The van der Waals surface area contributed by atoms with Gasteiger partial charge >= 0.3 is 0 Å². The molecule has 15 unspecified atom stereocenters. The van der Waals surface area contributed by atoms with E-state index < -0.39 is 246 Å². The number of amides is 5. The maximum atomic E-state index is 14.0. The molecule has 7 rings (SSSR count). The Bertz CT molecular complexity index is 2660. The molecule has 560 valence electrons. The van der Waals surface area contributed by atoms with Gasteiger partial charge in [-0.1, -0.05) is 64.4 Å². The Balaban J connectivity index is 1.07. The van der Waals surface area contributed by atoms with Crippen LogP contribution >= 0.6 is 0 Å². The number of aliphatic hydroxyl groups excluding tert-OH is 14. The van der Waals surface area contributed by atoms with Crippen molar-refractivity contribution < 1.29 is 152 Å². The second-order valence-corrected chi connectivity index (χ2v) is 25.4. The Labute approximate surface area is 565 Å². The van der Waals surface area contributed by atoms with Gasteiger partial charge in [-0.05, 0) is 31.5 Å². The lowest BCUT2D eigenvalue weighted by Gasteiger charge is -2.51. The van der Waals surface area contributed by atoms with Crippen molar-refractivity contribution in [1.82, 2.24) is 26.6 Å². The number of rotatable bonds is 32. The van der Waals surface area contributed by atoms with Crippen LogP contribution in [0.4, 0.5) is 0 Å².